The first-order chi connectivity index (χ1) is 8.91. The molecule has 4 nitrogen and oxygen atoms in total. The molecule has 0 fully saturated rings. The van der Waals surface area contributed by atoms with Crippen molar-refractivity contribution in [2.24, 2.45) is 0 Å². The van der Waals surface area contributed by atoms with Crippen LogP contribution >= 0.6 is 0 Å². The van der Waals surface area contributed by atoms with E-state index in [1.54, 1.807) is 36.4 Å². The summed E-state index contributed by atoms with van der Waals surface area (Å²) in [5.74, 6) is -0.274. The van der Waals surface area contributed by atoms with Gasteiger partial charge in [-0.3, -0.25) is 9.35 Å². The van der Waals surface area contributed by atoms with Crippen molar-refractivity contribution in [1.29, 1.82) is 0 Å². The van der Waals surface area contributed by atoms with E-state index in [4.69, 9.17) is 4.55 Å². The summed E-state index contributed by atoms with van der Waals surface area (Å²) in [6, 6.07) is 12.8. The number of hydrogen-bond donors (Lipinski definition) is 1. The maximum Gasteiger partial charge on any atom is 0.294 e. The van der Waals surface area contributed by atoms with Gasteiger partial charge in [0.25, 0.3) is 10.1 Å². The molecule has 0 amide bonds. The van der Waals surface area contributed by atoms with Crippen molar-refractivity contribution in [3.05, 3.63) is 65.2 Å². The molecular formula is C14H12O4S. The molecule has 0 radical (unpaired) electrons. The zero-order valence-electron chi connectivity index (χ0n) is 10.2. The lowest BCUT2D eigenvalue weighted by Gasteiger charge is -2.08. The summed E-state index contributed by atoms with van der Waals surface area (Å²) in [5.41, 5.74) is 0.985. The zero-order chi connectivity index (χ0) is 14.0. The lowest BCUT2D eigenvalue weighted by molar-refractivity contribution is 0.103. The van der Waals surface area contributed by atoms with E-state index < -0.39 is 10.1 Å². The van der Waals surface area contributed by atoms with Crippen LogP contribution in [0.2, 0.25) is 0 Å². The predicted molar refractivity (Wildman–Crippen MR) is 70.9 cm³/mol. The number of carbonyl (C=O) groups excluding carboxylic acids is 1. The van der Waals surface area contributed by atoms with E-state index in [1.807, 2.05) is 0 Å². The molecular weight excluding hydrogens is 264 g/mol. The van der Waals surface area contributed by atoms with Crippen molar-refractivity contribution in [3.63, 3.8) is 0 Å². The Labute approximate surface area is 111 Å². The second-order valence-electron chi connectivity index (χ2n) is 4.10. The summed E-state index contributed by atoms with van der Waals surface area (Å²) >= 11 is 0. The molecule has 19 heavy (non-hydrogen) atoms. The summed E-state index contributed by atoms with van der Waals surface area (Å²) in [6.07, 6.45) is 0. The Kier molecular flexibility index (Phi) is 3.50. The van der Waals surface area contributed by atoms with Crippen molar-refractivity contribution < 1.29 is 17.8 Å². The average molecular weight is 276 g/mol. The predicted octanol–water partition coefficient (Wildman–Crippen LogP) is 2.47. The first-order valence-corrected chi connectivity index (χ1v) is 7.02. The van der Waals surface area contributed by atoms with E-state index in [2.05, 4.69) is 0 Å². The largest absolute Gasteiger partial charge is 0.294 e. The van der Waals surface area contributed by atoms with Crippen LogP contribution in [0.15, 0.2) is 53.4 Å². The monoisotopic (exact) mass is 276 g/mol. The second kappa shape index (κ2) is 4.95. The zero-order valence-corrected chi connectivity index (χ0v) is 11.0. The van der Waals surface area contributed by atoms with Gasteiger partial charge in [0.05, 0.1) is 4.90 Å². The number of rotatable bonds is 3. The first kappa shape index (κ1) is 13.5. The molecule has 0 saturated heterocycles. The molecule has 0 saturated carbocycles. The topological polar surface area (TPSA) is 71.4 Å². The fraction of sp³-hybridized carbons (Fsp3) is 0.0714. The van der Waals surface area contributed by atoms with Crippen LogP contribution in [0.1, 0.15) is 21.5 Å². The third-order valence-electron chi connectivity index (χ3n) is 2.84. The van der Waals surface area contributed by atoms with Gasteiger partial charge in [-0.2, -0.15) is 8.42 Å². The Bertz CT molecular complexity index is 718. The van der Waals surface area contributed by atoms with Gasteiger partial charge in [-0.05, 0) is 18.6 Å². The average Bonchev–Trinajstić information content (AvgIpc) is 2.38. The minimum absolute atomic E-state index is 0.241. The summed E-state index contributed by atoms with van der Waals surface area (Å²) < 4.78 is 31.5. The number of hydrogen-bond acceptors (Lipinski definition) is 3. The molecule has 0 spiro atoms. The molecule has 0 heterocycles. The Hall–Kier alpha value is -1.98. The van der Waals surface area contributed by atoms with Gasteiger partial charge in [0.1, 0.15) is 0 Å². The van der Waals surface area contributed by atoms with Gasteiger partial charge in [-0.15, -0.1) is 0 Å². The highest BCUT2D eigenvalue weighted by Crippen LogP contribution is 2.21. The van der Waals surface area contributed by atoms with Crippen molar-refractivity contribution in [1.82, 2.24) is 0 Å². The molecule has 1 N–H and O–H groups in total. The maximum atomic E-state index is 12.3. The Morgan fingerprint density at radius 2 is 1.63 bits per heavy atom. The van der Waals surface area contributed by atoms with E-state index in [0.29, 0.717) is 5.56 Å². The summed E-state index contributed by atoms with van der Waals surface area (Å²) in [6.45, 7) is 1.50. The van der Waals surface area contributed by atoms with Gasteiger partial charge >= 0.3 is 0 Å². The highest BCUT2D eigenvalue weighted by atomic mass is 32.2. The fourth-order valence-electron chi connectivity index (χ4n) is 1.88. The maximum absolute atomic E-state index is 12.3. The highest BCUT2D eigenvalue weighted by molar-refractivity contribution is 7.85. The molecule has 0 aliphatic rings. The summed E-state index contributed by atoms with van der Waals surface area (Å²) in [7, 11) is -4.32. The molecule has 5 heteroatoms. The fourth-order valence-corrected chi connectivity index (χ4v) is 2.63. The highest BCUT2D eigenvalue weighted by Gasteiger charge is 2.19. The van der Waals surface area contributed by atoms with Crippen molar-refractivity contribution in [3.8, 4) is 0 Å². The van der Waals surface area contributed by atoms with Crippen LogP contribution in [0.4, 0.5) is 0 Å². The molecule has 0 unspecified atom stereocenters. The second-order valence-corrected chi connectivity index (χ2v) is 5.49. The van der Waals surface area contributed by atoms with E-state index in [-0.39, 0.29) is 21.8 Å². The van der Waals surface area contributed by atoms with Gasteiger partial charge in [0.2, 0.25) is 0 Å². The Morgan fingerprint density at radius 1 is 1.00 bits per heavy atom. The number of benzene rings is 2. The van der Waals surface area contributed by atoms with Crippen LogP contribution in [0.25, 0.3) is 0 Å². The lowest BCUT2D eigenvalue weighted by atomic mass is 9.99. The van der Waals surface area contributed by atoms with Crippen LogP contribution in [0.5, 0.6) is 0 Å². The third-order valence-corrected chi connectivity index (χ3v) is 3.84. The van der Waals surface area contributed by atoms with E-state index in [9.17, 15) is 13.2 Å². The van der Waals surface area contributed by atoms with Crippen LogP contribution in [-0.4, -0.2) is 18.8 Å². The quantitative estimate of drug-likeness (QED) is 0.690. The smallest absolute Gasteiger partial charge is 0.289 e. The first-order valence-electron chi connectivity index (χ1n) is 5.58. The SMILES string of the molecule is Cc1c(C(=O)c2ccccc2)cccc1S(=O)(=O)O. The van der Waals surface area contributed by atoms with Crippen LogP contribution < -0.4 is 0 Å². The molecule has 2 aromatic rings. The standard InChI is InChI=1S/C14H12O4S/c1-10-12(8-5-9-13(10)19(16,17)18)14(15)11-6-3-2-4-7-11/h2-9H,1H3,(H,16,17,18). The van der Waals surface area contributed by atoms with E-state index >= 15 is 0 Å². The molecule has 0 bridgehead atoms. The van der Waals surface area contributed by atoms with E-state index in [1.165, 1.54) is 19.1 Å². The van der Waals surface area contributed by atoms with E-state index in [0.717, 1.165) is 0 Å². The molecule has 0 aliphatic heterocycles. The van der Waals surface area contributed by atoms with Gasteiger partial charge in [0, 0.05) is 11.1 Å². The number of carbonyl (C=O) groups is 1. The van der Waals surface area contributed by atoms with Gasteiger partial charge in [0.15, 0.2) is 5.78 Å². The van der Waals surface area contributed by atoms with Crippen molar-refractivity contribution in [2.75, 3.05) is 0 Å². The molecule has 2 rings (SSSR count). The molecule has 0 aromatic heterocycles. The van der Waals surface area contributed by atoms with Crippen LogP contribution in [-0.2, 0) is 10.1 Å². The Morgan fingerprint density at radius 3 is 2.21 bits per heavy atom. The molecule has 2 aromatic carbocycles. The normalized spacial score (nSPS) is 11.3. The van der Waals surface area contributed by atoms with Crippen LogP contribution in [0.3, 0.4) is 0 Å². The van der Waals surface area contributed by atoms with Crippen molar-refractivity contribution >= 4 is 15.9 Å². The van der Waals surface area contributed by atoms with Gasteiger partial charge < -0.3 is 0 Å². The van der Waals surface area contributed by atoms with Crippen molar-refractivity contribution in [2.45, 2.75) is 11.8 Å². The Balaban J connectivity index is 2.57. The van der Waals surface area contributed by atoms with Gasteiger partial charge in [-0.25, -0.2) is 0 Å². The lowest BCUT2D eigenvalue weighted by Crippen LogP contribution is -2.08. The minimum atomic E-state index is -4.32. The molecule has 98 valence electrons. The summed E-state index contributed by atoms with van der Waals surface area (Å²) in [4.78, 5) is 12.0. The number of ketones is 1. The molecule has 0 atom stereocenters. The summed E-state index contributed by atoms with van der Waals surface area (Å²) in [5, 5.41) is 0. The molecule has 0 aliphatic carbocycles. The third kappa shape index (κ3) is 2.72. The van der Waals surface area contributed by atoms with Crippen LogP contribution in [0, 0.1) is 6.92 Å². The van der Waals surface area contributed by atoms with Gasteiger partial charge in [-0.1, -0.05) is 42.5 Å². The minimum Gasteiger partial charge on any atom is -0.289 e.